The Balaban J connectivity index is 1.46. The van der Waals surface area contributed by atoms with E-state index in [9.17, 15) is 4.79 Å². The van der Waals surface area contributed by atoms with E-state index in [0.717, 1.165) is 29.4 Å². The summed E-state index contributed by atoms with van der Waals surface area (Å²) in [5.41, 5.74) is 0.992. The van der Waals surface area contributed by atoms with Gasteiger partial charge in [0.05, 0.1) is 13.1 Å². The summed E-state index contributed by atoms with van der Waals surface area (Å²) in [5.74, 6) is 0.855. The molecule has 0 saturated carbocycles. The van der Waals surface area contributed by atoms with Crippen LogP contribution < -0.4 is 10.1 Å². The molecule has 1 N–H and O–H groups in total. The molecule has 2 aromatic rings. The van der Waals surface area contributed by atoms with Gasteiger partial charge in [-0.15, -0.1) is 11.3 Å². The van der Waals surface area contributed by atoms with Crippen molar-refractivity contribution < 1.29 is 9.53 Å². The number of hydrogen-bond donors (Lipinski definition) is 1. The van der Waals surface area contributed by atoms with Crippen LogP contribution in [0.5, 0.6) is 5.75 Å². The van der Waals surface area contributed by atoms with Crippen LogP contribution in [0.25, 0.3) is 0 Å². The number of carbonyl (C=O) groups excluding carboxylic acids is 1. The molecule has 22 heavy (non-hydrogen) atoms. The SMILES string of the molecule is Cc1csc(CNC(=O)N2CC[C@H](Oc3ccccc3)C2)n1. The van der Waals surface area contributed by atoms with Gasteiger partial charge >= 0.3 is 6.03 Å². The number of aryl methyl sites for hydroxylation is 1. The zero-order valence-electron chi connectivity index (χ0n) is 12.5. The Kier molecular flexibility index (Phi) is 4.58. The number of thiazole rings is 1. The third-order valence-corrected chi connectivity index (χ3v) is 4.50. The number of para-hydroxylation sites is 1. The first-order valence-electron chi connectivity index (χ1n) is 7.36. The molecule has 1 aliphatic heterocycles. The van der Waals surface area contributed by atoms with Gasteiger partial charge in [-0.25, -0.2) is 9.78 Å². The largest absolute Gasteiger partial charge is 0.489 e. The van der Waals surface area contributed by atoms with Gasteiger partial charge in [0.1, 0.15) is 16.9 Å². The first-order chi connectivity index (χ1) is 10.7. The fourth-order valence-corrected chi connectivity index (χ4v) is 3.16. The molecule has 1 fully saturated rings. The van der Waals surface area contributed by atoms with Crippen LogP contribution in [0.3, 0.4) is 0 Å². The molecule has 5 nitrogen and oxygen atoms in total. The Morgan fingerprint density at radius 1 is 1.45 bits per heavy atom. The normalized spacial score (nSPS) is 17.5. The van der Waals surface area contributed by atoms with Crippen molar-refractivity contribution in [2.45, 2.75) is 26.0 Å². The van der Waals surface area contributed by atoms with Crippen LogP contribution in [0.1, 0.15) is 17.1 Å². The lowest BCUT2D eigenvalue weighted by Gasteiger charge is -2.17. The number of nitrogens with one attached hydrogen (secondary N) is 1. The van der Waals surface area contributed by atoms with Gasteiger partial charge in [0, 0.05) is 24.0 Å². The third kappa shape index (κ3) is 3.76. The van der Waals surface area contributed by atoms with Crippen molar-refractivity contribution in [3.8, 4) is 5.75 Å². The van der Waals surface area contributed by atoms with Crippen LogP contribution in [0.15, 0.2) is 35.7 Å². The van der Waals surface area contributed by atoms with Gasteiger partial charge < -0.3 is 15.0 Å². The van der Waals surface area contributed by atoms with E-state index in [1.807, 2.05) is 42.6 Å². The maximum absolute atomic E-state index is 12.2. The Morgan fingerprint density at radius 3 is 3.00 bits per heavy atom. The highest BCUT2D eigenvalue weighted by Crippen LogP contribution is 2.18. The van der Waals surface area contributed by atoms with Crippen LogP contribution in [0, 0.1) is 6.92 Å². The van der Waals surface area contributed by atoms with Crippen molar-refractivity contribution >= 4 is 17.4 Å². The maximum Gasteiger partial charge on any atom is 0.317 e. The molecule has 0 aliphatic carbocycles. The smallest absolute Gasteiger partial charge is 0.317 e. The van der Waals surface area contributed by atoms with Crippen molar-refractivity contribution in [2.75, 3.05) is 13.1 Å². The second-order valence-corrected chi connectivity index (χ2v) is 6.27. The van der Waals surface area contributed by atoms with Crippen molar-refractivity contribution in [1.82, 2.24) is 15.2 Å². The van der Waals surface area contributed by atoms with Crippen molar-refractivity contribution in [2.24, 2.45) is 0 Å². The van der Waals surface area contributed by atoms with Gasteiger partial charge in [0.2, 0.25) is 0 Å². The van der Waals surface area contributed by atoms with Gasteiger partial charge in [0.25, 0.3) is 0 Å². The first kappa shape index (κ1) is 14.8. The lowest BCUT2D eigenvalue weighted by molar-refractivity contribution is 0.186. The minimum absolute atomic E-state index is 0.0491. The van der Waals surface area contributed by atoms with E-state index >= 15 is 0 Å². The van der Waals surface area contributed by atoms with Crippen LogP contribution in [0.2, 0.25) is 0 Å². The van der Waals surface area contributed by atoms with E-state index in [2.05, 4.69) is 10.3 Å². The van der Waals surface area contributed by atoms with Crippen molar-refractivity contribution in [3.63, 3.8) is 0 Å². The minimum Gasteiger partial charge on any atom is -0.489 e. The van der Waals surface area contributed by atoms with Crippen LogP contribution in [0.4, 0.5) is 4.79 Å². The van der Waals surface area contributed by atoms with E-state index in [4.69, 9.17) is 4.74 Å². The van der Waals surface area contributed by atoms with Crippen LogP contribution in [-0.4, -0.2) is 35.1 Å². The zero-order chi connectivity index (χ0) is 15.4. The number of urea groups is 1. The van der Waals surface area contributed by atoms with Gasteiger partial charge in [-0.2, -0.15) is 0 Å². The van der Waals surface area contributed by atoms with Gasteiger partial charge in [0.15, 0.2) is 0 Å². The van der Waals surface area contributed by atoms with Crippen LogP contribution in [-0.2, 0) is 6.54 Å². The fraction of sp³-hybridized carbons (Fsp3) is 0.375. The predicted octanol–water partition coefficient (Wildman–Crippen LogP) is 2.81. The summed E-state index contributed by atoms with van der Waals surface area (Å²) in [6.07, 6.45) is 0.925. The molecule has 6 heteroatoms. The molecule has 1 aromatic heterocycles. The second-order valence-electron chi connectivity index (χ2n) is 5.33. The zero-order valence-corrected chi connectivity index (χ0v) is 13.3. The summed E-state index contributed by atoms with van der Waals surface area (Å²) < 4.78 is 5.89. The molecule has 2 amide bonds. The molecular formula is C16H19N3O2S. The lowest BCUT2D eigenvalue weighted by atomic mass is 10.3. The second kappa shape index (κ2) is 6.79. The van der Waals surface area contributed by atoms with Crippen molar-refractivity contribution in [3.05, 3.63) is 46.4 Å². The molecule has 0 radical (unpaired) electrons. The molecule has 1 saturated heterocycles. The average molecular weight is 317 g/mol. The Hall–Kier alpha value is -2.08. The Labute approximate surface area is 133 Å². The molecule has 1 atom stereocenters. The van der Waals surface area contributed by atoms with Crippen LogP contribution >= 0.6 is 11.3 Å². The number of hydrogen-bond acceptors (Lipinski definition) is 4. The highest BCUT2D eigenvalue weighted by atomic mass is 32.1. The van der Waals surface area contributed by atoms with Gasteiger partial charge in [-0.05, 0) is 19.1 Å². The molecule has 1 aromatic carbocycles. The number of amides is 2. The number of benzene rings is 1. The minimum atomic E-state index is -0.0491. The maximum atomic E-state index is 12.2. The van der Waals surface area contributed by atoms with E-state index in [-0.39, 0.29) is 12.1 Å². The number of rotatable bonds is 4. The quantitative estimate of drug-likeness (QED) is 0.943. The summed E-state index contributed by atoms with van der Waals surface area (Å²) in [6, 6.07) is 9.69. The summed E-state index contributed by atoms with van der Waals surface area (Å²) in [7, 11) is 0. The predicted molar refractivity (Wildman–Crippen MR) is 86.1 cm³/mol. The standard InChI is InChI=1S/C16H19N3O2S/c1-12-11-22-15(18-12)9-17-16(20)19-8-7-14(10-19)21-13-5-3-2-4-6-13/h2-6,11,14H,7-10H2,1H3,(H,17,20)/t14-/m0/s1. The van der Waals surface area contributed by atoms with E-state index in [0.29, 0.717) is 13.1 Å². The van der Waals surface area contributed by atoms with E-state index in [1.165, 1.54) is 0 Å². The molecule has 0 bridgehead atoms. The van der Waals surface area contributed by atoms with Gasteiger partial charge in [-0.1, -0.05) is 18.2 Å². The summed E-state index contributed by atoms with van der Waals surface area (Å²) in [4.78, 5) is 18.3. The molecular weight excluding hydrogens is 298 g/mol. The molecule has 2 heterocycles. The highest BCUT2D eigenvalue weighted by Gasteiger charge is 2.27. The molecule has 0 spiro atoms. The Morgan fingerprint density at radius 2 is 2.27 bits per heavy atom. The molecule has 3 rings (SSSR count). The van der Waals surface area contributed by atoms with E-state index < -0.39 is 0 Å². The Bertz CT molecular complexity index is 629. The van der Waals surface area contributed by atoms with E-state index in [1.54, 1.807) is 16.2 Å². The number of nitrogens with zero attached hydrogens (tertiary/aromatic N) is 2. The topological polar surface area (TPSA) is 54.5 Å². The average Bonchev–Trinajstić information content (AvgIpc) is 3.15. The van der Waals surface area contributed by atoms with Gasteiger partial charge in [-0.3, -0.25) is 0 Å². The van der Waals surface area contributed by atoms with Crippen molar-refractivity contribution in [1.29, 1.82) is 0 Å². The summed E-state index contributed by atoms with van der Waals surface area (Å²) in [6.45, 7) is 3.78. The summed E-state index contributed by atoms with van der Waals surface area (Å²) in [5, 5.41) is 5.84. The summed E-state index contributed by atoms with van der Waals surface area (Å²) >= 11 is 1.57. The number of likely N-dealkylation sites (tertiary alicyclic amines) is 1. The number of ether oxygens (including phenoxy) is 1. The monoisotopic (exact) mass is 317 g/mol. The first-order valence-corrected chi connectivity index (χ1v) is 8.24. The highest BCUT2D eigenvalue weighted by molar-refractivity contribution is 7.09. The third-order valence-electron chi connectivity index (χ3n) is 3.54. The molecule has 116 valence electrons. The lowest BCUT2D eigenvalue weighted by Crippen LogP contribution is -2.39. The molecule has 0 unspecified atom stereocenters. The fourth-order valence-electron chi connectivity index (χ4n) is 2.45. The number of carbonyl (C=O) groups is 1. The number of aromatic nitrogens is 1. The molecule has 1 aliphatic rings.